The van der Waals surface area contributed by atoms with Gasteiger partial charge in [0.1, 0.15) is 34.5 Å². The molecule has 0 aliphatic carbocycles. The van der Waals surface area contributed by atoms with Crippen LogP contribution in [-0.2, 0) is 34.1 Å². The Labute approximate surface area is 710 Å². The maximum absolute atomic E-state index is 16.2. The molecule has 0 atom stereocenters. The number of H-pyrrole nitrogens is 2. The summed E-state index contributed by atoms with van der Waals surface area (Å²) in [6.07, 6.45) is 13.4. The van der Waals surface area contributed by atoms with E-state index in [0.29, 0.717) is 4.48 Å². The third kappa shape index (κ3) is 14.8. The molecular weight excluding hydrogens is 1650 g/mol. The van der Waals surface area contributed by atoms with E-state index in [4.69, 9.17) is 15.0 Å². The van der Waals surface area contributed by atoms with Gasteiger partial charge in [0.2, 0.25) is 5.82 Å². The minimum atomic E-state index is -2.45. The second kappa shape index (κ2) is 33.4. The molecule has 8 aromatic carbocycles. The fourth-order valence-corrected chi connectivity index (χ4v) is 15.8. The van der Waals surface area contributed by atoms with Crippen molar-refractivity contribution in [3.8, 4) is 112 Å². The molecule has 0 saturated heterocycles. The van der Waals surface area contributed by atoms with Gasteiger partial charge in [-0.25, -0.2) is 59.4 Å². The fourth-order valence-electron chi connectivity index (χ4n) is 15.8. The summed E-state index contributed by atoms with van der Waals surface area (Å²) in [6, 6.07) is 54.9. The topological polar surface area (TPSA) is 192 Å². The van der Waals surface area contributed by atoms with Crippen LogP contribution in [0, 0.1) is 94.9 Å². The Bertz CT molecular complexity index is 6730. The molecule has 6 N–H and O–H groups in total. The van der Waals surface area contributed by atoms with Crippen LogP contribution in [0.1, 0.15) is 67.8 Å². The first kappa shape index (κ1) is 85.4. The third-order valence-corrected chi connectivity index (χ3v) is 21.2. The summed E-state index contributed by atoms with van der Waals surface area (Å²) in [6.45, 7) is 7.43. The molecule has 0 fully saturated rings. The van der Waals surface area contributed by atoms with Crippen molar-refractivity contribution in [3.05, 3.63) is 317 Å². The van der Waals surface area contributed by atoms with Crippen LogP contribution in [-0.4, -0.2) is 71.5 Å². The molecule has 16 bridgehead atoms. The number of rotatable bonds is 9. The molecular formula is C97H71Cu2F9N9O4+. The zero-order valence-electron chi connectivity index (χ0n) is 65.9. The molecule has 0 amide bonds. The zero-order valence-corrected chi connectivity index (χ0v) is 67.7. The normalized spacial score (nSPS) is 11.9. The molecule has 121 heavy (non-hydrogen) atoms. The molecule has 612 valence electrons. The van der Waals surface area contributed by atoms with Crippen LogP contribution in [0.2, 0.25) is 0 Å². The number of hydrogen-bond acceptors (Lipinski definition) is 8. The first-order valence-corrected chi connectivity index (χ1v) is 36.9. The first-order valence-electron chi connectivity index (χ1n) is 36.9. The second-order valence-electron chi connectivity index (χ2n) is 29.4. The smallest absolute Gasteiger partial charge is 0.657 e. The quantitative estimate of drug-likeness (QED) is 0.0202. The van der Waals surface area contributed by atoms with Crippen molar-refractivity contribution in [1.29, 1.82) is 0 Å². The number of nitrogens with zero attached hydrogens (tertiary/aromatic N) is 7. The van der Waals surface area contributed by atoms with E-state index in [1.54, 1.807) is 0 Å². The van der Waals surface area contributed by atoms with E-state index >= 15 is 22.0 Å². The Balaban J connectivity index is 0.000000203. The van der Waals surface area contributed by atoms with Crippen molar-refractivity contribution >= 4 is 98.4 Å². The number of phenols is 4. The van der Waals surface area contributed by atoms with E-state index in [2.05, 4.69) is 212 Å². The number of nitrogens with one attached hydrogen (secondary N) is 2. The zero-order chi connectivity index (χ0) is 81.9. The summed E-state index contributed by atoms with van der Waals surface area (Å²) in [5, 5.41) is 44.4. The Morgan fingerprint density at radius 3 is 0.959 bits per heavy atom. The number of hydrogen-bond donors (Lipinski definition) is 6. The largest absolute Gasteiger partial charge is 2.00 e. The van der Waals surface area contributed by atoms with Gasteiger partial charge in [-0.15, -0.1) is 22.1 Å². The van der Waals surface area contributed by atoms with Crippen LogP contribution in [0.15, 0.2) is 182 Å². The van der Waals surface area contributed by atoms with E-state index in [0.717, 1.165) is 103 Å². The average molecular weight is 1720 g/mol. The van der Waals surface area contributed by atoms with Crippen molar-refractivity contribution in [2.45, 2.75) is 27.7 Å². The summed E-state index contributed by atoms with van der Waals surface area (Å²) in [5.74, 6) is -21.1. The molecule has 24 heteroatoms. The van der Waals surface area contributed by atoms with Crippen LogP contribution < -0.4 is 14.5 Å². The third-order valence-electron chi connectivity index (χ3n) is 21.2. The van der Waals surface area contributed by atoms with E-state index in [1.165, 1.54) is 101 Å². The van der Waals surface area contributed by atoms with E-state index in [9.17, 15) is 38.0 Å². The number of phenolic OH excluding ortho intramolecular Hbond substituents is 4. The van der Waals surface area contributed by atoms with Gasteiger partial charge < -0.3 is 55.2 Å². The summed E-state index contributed by atoms with van der Waals surface area (Å²) in [4.78, 5) is 36.7. The molecule has 4 aliphatic rings. The van der Waals surface area contributed by atoms with Gasteiger partial charge in [-0.1, -0.05) is 127 Å². The van der Waals surface area contributed by atoms with Crippen molar-refractivity contribution in [2.24, 2.45) is 0 Å². The van der Waals surface area contributed by atoms with Gasteiger partial charge in [-0.2, -0.15) is 0 Å². The van der Waals surface area contributed by atoms with Crippen LogP contribution in [0.4, 0.5) is 45.2 Å². The predicted molar refractivity (Wildman–Crippen MR) is 457 cm³/mol. The standard InChI is InChI=1S/C50H43N5.C45H22F9N4O4.2CH3.2Cu/c1-31-15-13-16-32(2)45(31)49-40-27-23-36(51-40)47(34-18-9-7-10-19-34)38-25-29-42(53-38)50(46-33(3)17-14-22-44(46)55(4,5)6)43-30-26-39(54-43)48(35-20-11-8-12-21-35)37-24-28-41(49)52-37;1-16-37(46)35(39(48)42(51)38(16)47)31-21-12-8-17(55-21)29(33-25(59)4-2-5-26(33)60)19-10-14-23(57-19)32(36-40(49)43(52)45(54)44(53)41(36)50)24-15-11-20(58-24)30(18-9-13-22(31)56-18)34-27(61)6-3-7-28(34)62;;;;/h7-30,53H,1-6H3;2-15H,1H3,(H5-,55,56,57,58,59,60,61,62);2*1H3;;/q;3*-1;2*+2. The van der Waals surface area contributed by atoms with Crippen LogP contribution in [0.3, 0.4) is 0 Å². The van der Waals surface area contributed by atoms with E-state index < -0.39 is 114 Å². The fraction of sp³-hybridized carbons (Fsp3) is 0.0722. The van der Waals surface area contributed by atoms with Gasteiger partial charge >= 0.3 is 34.1 Å². The molecule has 13 nitrogen and oxygen atoms in total. The monoisotopic (exact) mass is 1720 g/mol. The number of aromatic hydroxyl groups is 4. The Hall–Kier alpha value is -13.5. The van der Waals surface area contributed by atoms with Gasteiger partial charge in [-0.3, -0.25) is 4.48 Å². The van der Waals surface area contributed by atoms with Gasteiger partial charge in [0, 0.05) is 61.0 Å². The van der Waals surface area contributed by atoms with Crippen LogP contribution in [0.25, 0.3) is 182 Å². The van der Waals surface area contributed by atoms with Crippen molar-refractivity contribution in [3.63, 3.8) is 0 Å². The van der Waals surface area contributed by atoms with Gasteiger partial charge in [0.25, 0.3) is 0 Å². The molecule has 10 heterocycles. The number of quaternary nitrogens is 1. The Morgan fingerprint density at radius 2 is 0.545 bits per heavy atom. The van der Waals surface area contributed by atoms with Gasteiger partial charge in [0.15, 0.2) is 40.7 Å². The van der Waals surface area contributed by atoms with Crippen molar-refractivity contribution < 1.29 is 94.1 Å². The summed E-state index contributed by atoms with van der Waals surface area (Å²) >= 11 is 0. The van der Waals surface area contributed by atoms with Crippen molar-refractivity contribution in [2.75, 3.05) is 21.1 Å². The van der Waals surface area contributed by atoms with E-state index in [1.807, 2.05) is 0 Å². The average Bonchev–Trinajstić information content (AvgIpc) is 1.62. The molecule has 6 aromatic heterocycles. The number of halogens is 9. The molecule has 0 saturated carbocycles. The van der Waals surface area contributed by atoms with Crippen LogP contribution >= 0.6 is 0 Å². The summed E-state index contributed by atoms with van der Waals surface area (Å²) in [7, 11) is 6.67. The second-order valence-corrected chi connectivity index (χ2v) is 29.4. The predicted octanol–water partition coefficient (Wildman–Crippen LogP) is 24.3. The molecule has 4 aliphatic heterocycles. The maximum Gasteiger partial charge on any atom is 2.00 e. The molecule has 0 unspecified atom stereocenters. The van der Waals surface area contributed by atoms with Gasteiger partial charge in [0.05, 0.1) is 88.9 Å². The molecule has 14 aromatic rings. The molecule has 0 spiro atoms. The number of aromatic amines is 2. The molecule has 18 rings (SSSR count). The first-order chi connectivity index (χ1) is 56.2. The number of aryl methyl sites for hydroxylation is 3. The molecule has 2 radical (unpaired) electrons. The SMILES string of the molecule is Cc1c(F)c(F)c(F)c(-c2c3nc(c(-c4c(O)cccc4O)c4ccc([n-]4)c(-c4c(F)c(F)c(F)c(F)c4F)c4nc(c(-c5c(O)cccc5O)c5ccc2[nH]5)C=C4)C=C3)c1F.Cc1cccc(C)c1-c1c2nc(c(-c3ccccc3)c3ccc([nH]3)c(-c3c(C)cccc3[N+](C)(C)C)c3nc(c(-c4ccccc4)c4ccc1[n-]4)C=C3)C=C2.[CH3-].[CH3-].[Cu+2].[Cu+2]. The number of fused-ring (bicyclic) bond motifs is 16. The number of benzene rings is 8. The Morgan fingerprint density at radius 1 is 0.264 bits per heavy atom. The van der Waals surface area contributed by atoms with Crippen LogP contribution in [0.5, 0.6) is 23.0 Å². The minimum absolute atomic E-state index is 0. The van der Waals surface area contributed by atoms with E-state index in [-0.39, 0.29) is 105 Å². The summed E-state index contributed by atoms with van der Waals surface area (Å²) < 4.78 is 139. The number of aromatic nitrogens is 8. The summed E-state index contributed by atoms with van der Waals surface area (Å²) in [5.41, 5.74) is 12.6. The maximum atomic E-state index is 16.2. The van der Waals surface area contributed by atoms with Gasteiger partial charge in [-0.05, 0) is 181 Å². The Kier molecular flexibility index (Phi) is 23.6. The van der Waals surface area contributed by atoms with Crippen molar-refractivity contribution in [1.82, 2.24) is 44.4 Å². The minimum Gasteiger partial charge on any atom is -0.657 e.